The molecule has 0 saturated carbocycles. The highest BCUT2D eigenvalue weighted by Gasteiger charge is 2.51. The van der Waals surface area contributed by atoms with Gasteiger partial charge in [0.2, 0.25) is 5.78 Å². The lowest BCUT2D eigenvalue weighted by Crippen LogP contribution is -2.33. The maximum atomic E-state index is 13.8. The van der Waals surface area contributed by atoms with Crippen molar-refractivity contribution in [2.75, 3.05) is 33.8 Å². The van der Waals surface area contributed by atoms with Crippen LogP contribution < -0.4 is 9.47 Å². The van der Waals surface area contributed by atoms with E-state index in [2.05, 4.69) is 6.92 Å². The molecule has 1 amide bonds. The number of carbonyl (C=O) groups is 3. The lowest BCUT2D eigenvalue weighted by molar-refractivity contribution is -0.140. The van der Waals surface area contributed by atoms with Gasteiger partial charge in [0, 0.05) is 18.5 Å². The second-order valence-electron chi connectivity index (χ2n) is 10.0. The molecule has 3 atom stereocenters. The number of ether oxygens (including phenoxy) is 2. The van der Waals surface area contributed by atoms with Crippen LogP contribution in [0.4, 0.5) is 0 Å². The Balaban J connectivity index is 1.64. The van der Waals surface area contributed by atoms with Crippen molar-refractivity contribution >= 4 is 17.5 Å². The zero-order valence-corrected chi connectivity index (χ0v) is 21.7. The molecule has 7 heteroatoms. The van der Waals surface area contributed by atoms with Gasteiger partial charge in [0.05, 0.1) is 12.6 Å². The van der Waals surface area contributed by atoms with Gasteiger partial charge in [-0.15, -0.1) is 0 Å². The second-order valence-corrected chi connectivity index (χ2v) is 10.0. The number of ketones is 2. The summed E-state index contributed by atoms with van der Waals surface area (Å²) in [6.07, 6.45) is 3.49. The van der Waals surface area contributed by atoms with E-state index in [1.807, 2.05) is 56.3 Å². The van der Waals surface area contributed by atoms with Gasteiger partial charge in [-0.25, -0.2) is 0 Å². The van der Waals surface area contributed by atoms with Crippen LogP contribution in [0.3, 0.4) is 0 Å². The SMILES string of the molecule is CCCCOc1ccc(C2C(C(=O)c3ccc4c(c3)CC(C)O4)C(=O)C(=O)N2CCCN(C)C)cc1. The van der Waals surface area contributed by atoms with Crippen LogP contribution in [0.5, 0.6) is 11.5 Å². The van der Waals surface area contributed by atoms with E-state index in [9.17, 15) is 14.4 Å². The third-order valence-electron chi connectivity index (χ3n) is 6.86. The van der Waals surface area contributed by atoms with Crippen LogP contribution in [-0.4, -0.2) is 67.2 Å². The van der Waals surface area contributed by atoms with Crippen LogP contribution >= 0.6 is 0 Å². The molecular weight excluding hydrogens is 456 g/mol. The third kappa shape index (κ3) is 5.46. The first-order valence-corrected chi connectivity index (χ1v) is 12.9. The zero-order valence-electron chi connectivity index (χ0n) is 21.7. The molecule has 1 saturated heterocycles. The summed E-state index contributed by atoms with van der Waals surface area (Å²) in [7, 11) is 3.94. The Labute approximate surface area is 213 Å². The average Bonchev–Trinajstić information content (AvgIpc) is 3.35. The number of nitrogens with zero attached hydrogens (tertiary/aromatic N) is 2. The maximum Gasteiger partial charge on any atom is 0.291 e. The summed E-state index contributed by atoms with van der Waals surface area (Å²) < 4.78 is 11.6. The highest BCUT2D eigenvalue weighted by molar-refractivity contribution is 6.44. The summed E-state index contributed by atoms with van der Waals surface area (Å²) in [5, 5.41) is 0. The van der Waals surface area contributed by atoms with E-state index in [1.165, 1.54) is 0 Å². The topological polar surface area (TPSA) is 76.1 Å². The Hall–Kier alpha value is -3.19. The molecule has 2 aliphatic rings. The van der Waals surface area contributed by atoms with Gasteiger partial charge >= 0.3 is 0 Å². The van der Waals surface area contributed by atoms with E-state index < -0.39 is 23.7 Å². The highest BCUT2D eigenvalue weighted by atomic mass is 16.5. The predicted molar refractivity (Wildman–Crippen MR) is 138 cm³/mol. The summed E-state index contributed by atoms with van der Waals surface area (Å²) in [6, 6.07) is 12.1. The van der Waals surface area contributed by atoms with Crippen LogP contribution in [0.15, 0.2) is 42.5 Å². The van der Waals surface area contributed by atoms with Crippen molar-refractivity contribution in [3.63, 3.8) is 0 Å². The monoisotopic (exact) mass is 492 g/mol. The number of benzene rings is 2. The summed E-state index contributed by atoms with van der Waals surface area (Å²) in [6.45, 7) is 5.90. The quantitative estimate of drug-likeness (QED) is 0.204. The largest absolute Gasteiger partial charge is 0.494 e. The number of hydrogen-bond donors (Lipinski definition) is 0. The molecule has 1 fully saturated rings. The molecule has 0 spiro atoms. The Kier molecular flexibility index (Phi) is 8.09. The van der Waals surface area contributed by atoms with Crippen molar-refractivity contribution < 1.29 is 23.9 Å². The number of fused-ring (bicyclic) bond motifs is 1. The fraction of sp³-hybridized carbons (Fsp3) is 0.483. The van der Waals surface area contributed by atoms with E-state index >= 15 is 0 Å². The number of Topliss-reactive ketones (excluding diaryl/α,β-unsaturated/α-hetero) is 2. The van der Waals surface area contributed by atoms with Crippen LogP contribution in [0.1, 0.15) is 60.6 Å². The van der Waals surface area contributed by atoms with E-state index in [0.717, 1.165) is 42.0 Å². The minimum atomic E-state index is -1.08. The Morgan fingerprint density at radius 3 is 2.56 bits per heavy atom. The number of carbonyl (C=O) groups excluding carboxylic acids is 3. The number of unbranched alkanes of at least 4 members (excludes halogenated alkanes) is 1. The fourth-order valence-electron chi connectivity index (χ4n) is 5.01. The number of rotatable bonds is 11. The first-order chi connectivity index (χ1) is 17.3. The summed E-state index contributed by atoms with van der Waals surface area (Å²) >= 11 is 0. The van der Waals surface area contributed by atoms with Crippen molar-refractivity contribution in [3.8, 4) is 11.5 Å². The Bertz CT molecular complexity index is 1110. The molecule has 36 heavy (non-hydrogen) atoms. The zero-order chi connectivity index (χ0) is 25.8. The standard InChI is InChI=1S/C29H36N2O5/c1-5-6-16-35-23-11-8-20(9-12-23)26-25(28(33)29(34)31(26)15-7-14-30(3)4)27(32)21-10-13-24-22(18-21)17-19(2)36-24/h8-13,18-19,25-26H,5-7,14-17H2,1-4H3. The molecule has 3 unspecified atom stereocenters. The van der Waals surface area contributed by atoms with E-state index in [0.29, 0.717) is 31.6 Å². The van der Waals surface area contributed by atoms with Crippen molar-refractivity contribution in [1.82, 2.24) is 9.80 Å². The minimum Gasteiger partial charge on any atom is -0.494 e. The van der Waals surface area contributed by atoms with E-state index in [1.54, 1.807) is 17.0 Å². The second kappa shape index (κ2) is 11.2. The molecule has 2 aliphatic heterocycles. The van der Waals surface area contributed by atoms with Crippen molar-refractivity contribution in [2.45, 2.75) is 51.7 Å². The molecule has 2 aromatic carbocycles. The summed E-state index contributed by atoms with van der Waals surface area (Å²) in [4.78, 5) is 43.8. The third-order valence-corrected chi connectivity index (χ3v) is 6.86. The van der Waals surface area contributed by atoms with Crippen molar-refractivity contribution in [3.05, 3.63) is 59.2 Å². The predicted octanol–water partition coefficient (Wildman–Crippen LogP) is 4.09. The normalized spacial score (nSPS) is 21.1. The number of hydrogen-bond acceptors (Lipinski definition) is 6. The van der Waals surface area contributed by atoms with Gasteiger partial charge in [0.25, 0.3) is 5.91 Å². The molecule has 4 rings (SSSR count). The number of amides is 1. The summed E-state index contributed by atoms with van der Waals surface area (Å²) in [5.41, 5.74) is 2.16. The van der Waals surface area contributed by atoms with E-state index in [4.69, 9.17) is 9.47 Å². The van der Waals surface area contributed by atoms with Crippen LogP contribution in [0.25, 0.3) is 0 Å². The van der Waals surface area contributed by atoms with Crippen LogP contribution in [-0.2, 0) is 16.0 Å². The van der Waals surface area contributed by atoms with Gasteiger partial charge in [-0.1, -0.05) is 25.5 Å². The lowest BCUT2D eigenvalue weighted by Gasteiger charge is -2.28. The lowest BCUT2D eigenvalue weighted by atomic mass is 9.85. The first-order valence-electron chi connectivity index (χ1n) is 12.9. The summed E-state index contributed by atoms with van der Waals surface area (Å²) in [5.74, 6) is -1.12. The molecule has 7 nitrogen and oxygen atoms in total. The van der Waals surface area contributed by atoms with Gasteiger partial charge < -0.3 is 19.3 Å². The maximum absolute atomic E-state index is 13.8. The first kappa shape index (κ1) is 25.9. The minimum absolute atomic E-state index is 0.0537. The highest BCUT2D eigenvalue weighted by Crippen LogP contribution is 2.40. The number of likely N-dealkylation sites (tertiary alicyclic amines) is 1. The molecule has 2 heterocycles. The fourth-order valence-corrected chi connectivity index (χ4v) is 5.01. The molecular formula is C29H36N2O5. The van der Waals surface area contributed by atoms with Gasteiger partial charge in [-0.05, 0) is 81.9 Å². The molecule has 0 radical (unpaired) electrons. The molecule has 2 aromatic rings. The van der Waals surface area contributed by atoms with Gasteiger partial charge in [0.15, 0.2) is 5.78 Å². The van der Waals surface area contributed by atoms with Gasteiger partial charge in [-0.3, -0.25) is 14.4 Å². The Morgan fingerprint density at radius 1 is 1.11 bits per heavy atom. The van der Waals surface area contributed by atoms with Crippen LogP contribution in [0, 0.1) is 5.92 Å². The molecule has 0 aliphatic carbocycles. The average molecular weight is 493 g/mol. The van der Waals surface area contributed by atoms with Crippen molar-refractivity contribution in [1.29, 1.82) is 0 Å². The molecule has 192 valence electrons. The Morgan fingerprint density at radius 2 is 1.86 bits per heavy atom. The smallest absolute Gasteiger partial charge is 0.291 e. The van der Waals surface area contributed by atoms with E-state index in [-0.39, 0.29) is 11.9 Å². The van der Waals surface area contributed by atoms with Gasteiger partial charge in [-0.2, -0.15) is 0 Å². The van der Waals surface area contributed by atoms with Crippen molar-refractivity contribution in [2.24, 2.45) is 5.92 Å². The molecule has 0 aromatic heterocycles. The van der Waals surface area contributed by atoms with Crippen LogP contribution in [0.2, 0.25) is 0 Å². The molecule has 0 N–H and O–H groups in total. The molecule has 0 bridgehead atoms. The van der Waals surface area contributed by atoms with Gasteiger partial charge in [0.1, 0.15) is 23.5 Å².